The highest BCUT2D eigenvalue weighted by atomic mass is 35.5. The van der Waals surface area contributed by atoms with E-state index in [0.717, 1.165) is 51.6 Å². The highest BCUT2D eigenvalue weighted by Gasteiger charge is 2.27. The summed E-state index contributed by atoms with van der Waals surface area (Å²) in [5.41, 5.74) is -1.29. The summed E-state index contributed by atoms with van der Waals surface area (Å²) >= 11 is 5.02. The van der Waals surface area contributed by atoms with Gasteiger partial charge in [0, 0.05) is 50.6 Å². The molecule has 0 saturated carbocycles. The van der Waals surface area contributed by atoms with E-state index in [-0.39, 0.29) is 12.2 Å². The number of hydrogen-bond acceptors (Lipinski definition) is 8. The molecule has 2 aliphatic rings. The van der Waals surface area contributed by atoms with Crippen LogP contribution in [0.5, 0.6) is 23.0 Å². The zero-order valence-corrected chi connectivity index (χ0v) is 29.3. The Morgan fingerprint density at radius 1 is 0.708 bits per heavy atom. The van der Waals surface area contributed by atoms with Gasteiger partial charge in [-0.1, -0.05) is 24.3 Å². The van der Waals surface area contributed by atoms with Crippen LogP contribution >= 0.6 is 11.6 Å². The molecule has 10 nitrogen and oxygen atoms in total. The monoisotopic (exact) mass is 682 g/mol. The summed E-state index contributed by atoms with van der Waals surface area (Å²) in [6.45, 7) is 8.57. The summed E-state index contributed by atoms with van der Waals surface area (Å²) in [7, 11) is 3.04. The number of likely N-dealkylation sites (tertiary alicyclic amines) is 2. The van der Waals surface area contributed by atoms with E-state index in [2.05, 4.69) is 16.6 Å². The first-order valence-corrected chi connectivity index (χ1v) is 16.2. The fourth-order valence-electron chi connectivity index (χ4n) is 4.95. The predicted molar refractivity (Wildman–Crippen MR) is 186 cm³/mol. The van der Waals surface area contributed by atoms with Crippen LogP contribution in [0.3, 0.4) is 0 Å². The highest BCUT2D eigenvalue weighted by Crippen LogP contribution is 2.28. The molecule has 0 unspecified atom stereocenters. The van der Waals surface area contributed by atoms with Gasteiger partial charge >= 0.3 is 17.6 Å². The number of halogens is 1. The van der Waals surface area contributed by atoms with Crippen LogP contribution in [0, 0.1) is 36.5 Å². The molecule has 2 fully saturated rings. The Balaban J connectivity index is 0.000000259. The van der Waals surface area contributed by atoms with Crippen molar-refractivity contribution < 1.29 is 38.1 Å². The first-order chi connectivity index (χ1) is 22.9. The number of para-hydroxylation sites is 4. The molecular formula is C37H47ClN2O8. The van der Waals surface area contributed by atoms with Crippen LogP contribution in [-0.2, 0) is 4.74 Å². The normalized spacial score (nSPS) is 14.8. The lowest BCUT2D eigenvalue weighted by atomic mass is 9.94. The molecule has 2 aromatic rings. The van der Waals surface area contributed by atoms with Crippen LogP contribution < -0.4 is 18.9 Å². The summed E-state index contributed by atoms with van der Waals surface area (Å²) < 4.78 is 25.4. The molecule has 2 heterocycles. The lowest BCUT2D eigenvalue weighted by Crippen LogP contribution is -2.41. The molecule has 4 rings (SSSR count). The van der Waals surface area contributed by atoms with Gasteiger partial charge in [0.2, 0.25) is 0 Å². The van der Waals surface area contributed by atoms with Crippen molar-refractivity contribution in [1.29, 1.82) is 0 Å². The predicted octanol–water partition coefficient (Wildman–Crippen LogP) is 8.02. The molecule has 0 aromatic heterocycles. The van der Waals surface area contributed by atoms with Crippen LogP contribution in [0.15, 0.2) is 48.5 Å². The van der Waals surface area contributed by atoms with Crippen molar-refractivity contribution in [3.63, 3.8) is 0 Å². The number of methoxy groups -OCH3 is 2. The molecule has 2 saturated heterocycles. The molecule has 0 N–H and O–H groups in total. The van der Waals surface area contributed by atoms with Gasteiger partial charge in [0.25, 0.3) is 0 Å². The molecule has 0 radical (unpaired) electrons. The molecule has 260 valence electrons. The summed E-state index contributed by atoms with van der Waals surface area (Å²) in [4.78, 5) is 37.7. The molecule has 0 spiro atoms. The maximum Gasteiger partial charge on any atom is 0.415 e. The van der Waals surface area contributed by atoms with Gasteiger partial charge in [-0.15, -0.1) is 24.7 Å². The van der Waals surface area contributed by atoms with Crippen LogP contribution in [0.1, 0.15) is 59.3 Å². The summed E-state index contributed by atoms with van der Waals surface area (Å²) in [5.74, 6) is 8.27. The quantitative estimate of drug-likeness (QED) is 0.223. The molecule has 0 bridgehead atoms. The molecule has 2 aliphatic heterocycles. The van der Waals surface area contributed by atoms with Crippen molar-refractivity contribution in [3.8, 4) is 47.7 Å². The smallest absolute Gasteiger partial charge is 0.415 e. The Morgan fingerprint density at radius 2 is 1.08 bits per heavy atom. The van der Waals surface area contributed by atoms with Crippen LogP contribution in [0.25, 0.3) is 0 Å². The van der Waals surface area contributed by atoms with Gasteiger partial charge in [-0.25, -0.2) is 14.4 Å². The number of carbonyl (C=O) groups excluding carboxylic acids is 3. The average Bonchev–Trinajstić information content (AvgIpc) is 3.06. The van der Waals surface area contributed by atoms with E-state index in [1.54, 1.807) is 53.3 Å². The standard InChI is InChI=1S/C16H19NO3.C13H21NO2.C8H7ClO3/c1-3-6-13-9-11-17(12-10-13)16(18)20-15-8-5-4-7-14(15)19-2;1-5-6-11-7-9-14(10-8-11)12(15)16-13(2,3)4;1-11-6-4-2-3-5-7(6)12-8(9)10/h1,4-5,7-8,13H,6,9-12H2,2H3;1,11H,6-10H2,2-4H3;2-5H,1H3. The van der Waals surface area contributed by atoms with E-state index >= 15 is 0 Å². The van der Waals surface area contributed by atoms with Crippen LogP contribution in [0.4, 0.5) is 14.4 Å². The maximum absolute atomic E-state index is 12.1. The number of hydrogen-bond donors (Lipinski definition) is 0. The Morgan fingerprint density at radius 3 is 1.44 bits per heavy atom. The van der Waals surface area contributed by atoms with E-state index in [1.165, 1.54) is 7.11 Å². The minimum atomic E-state index is -0.875. The van der Waals surface area contributed by atoms with Gasteiger partial charge in [-0.2, -0.15) is 0 Å². The number of terminal acetylenes is 2. The van der Waals surface area contributed by atoms with Crippen molar-refractivity contribution in [2.45, 2.75) is 64.9 Å². The zero-order valence-electron chi connectivity index (χ0n) is 28.5. The number of carbonyl (C=O) groups is 3. The average molecular weight is 683 g/mol. The van der Waals surface area contributed by atoms with E-state index in [0.29, 0.717) is 47.9 Å². The van der Waals surface area contributed by atoms with Crippen molar-refractivity contribution in [1.82, 2.24) is 9.80 Å². The molecule has 2 amide bonds. The fraction of sp³-hybridized carbons (Fsp3) is 0.486. The van der Waals surface area contributed by atoms with Gasteiger partial charge in [0.1, 0.15) is 5.60 Å². The molecule has 48 heavy (non-hydrogen) atoms. The Kier molecular flexibility index (Phi) is 17.0. The van der Waals surface area contributed by atoms with E-state index < -0.39 is 11.0 Å². The number of piperidine rings is 2. The van der Waals surface area contributed by atoms with Crippen molar-refractivity contribution in [2.75, 3.05) is 40.4 Å². The van der Waals surface area contributed by atoms with Crippen LogP contribution in [-0.4, -0.2) is 73.4 Å². The third-order valence-corrected chi connectivity index (χ3v) is 7.55. The second-order valence-electron chi connectivity index (χ2n) is 12.2. The molecular weight excluding hydrogens is 636 g/mol. The lowest BCUT2D eigenvalue weighted by Gasteiger charge is -2.32. The van der Waals surface area contributed by atoms with Gasteiger partial charge in [-0.05, 0) is 82.6 Å². The third-order valence-electron chi connectivity index (χ3n) is 7.48. The number of benzene rings is 2. The summed E-state index contributed by atoms with van der Waals surface area (Å²) in [5, 5.41) is 0. The molecule has 0 atom stereocenters. The van der Waals surface area contributed by atoms with Gasteiger partial charge in [-0.3, -0.25) is 0 Å². The van der Waals surface area contributed by atoms with Crippen molar-refractivity contribution in [2.24, 2.45) is 11.8 Å². The molecule has 11 heteroatoms. The Labute approximate surface area is 289 Å². The first-order valence-electron chi connectivity index (χ1n) is 15.9. The topological polar surface area (TPSA) is 104 Å². The number of amides is 2. The largest absolute Gasteiger partial charge is 0.493 e. The highest BCUT2D eigenvalue weighted by molar-refractivity contribution is 6.61. The van der Waals surface area contributed by atoms with Crippen molar-refractivity contribution >= 4 is 29.2 Å². The molecule has 2 aromatic carbocycles. The Hall–Kier alpha value is -4.54. The SMILES string of the molecule is C#CCC1CCN(C(=O)OC(C)(C)C)CC1.C#CCC1CCN(C(=O)Oc2ccccc2OC)CC1.COc1ccccc1OC(=O)Cl. The van der Waals surface area contributed by atoms with Gasteiger partial charge < -0.3 is 33.5 Å². The van der Waals surface area contributed by atoms with Gasteiger partial charge in [0.15, 0.2) is 23.0 Å². The lowest BCUT2D eigenvalue weighted by molar-refractivity contribution is 0.0185. The van der Waals surface area contributed by atoms with E-state index in [9.17, 15) is 14.4 Å². The maximum atomic E-state index is 12.1. The third kappa shape index (κ3) is 14.5. The second kappa shape index (κ2) is 20.6. The summed E-state index contributed by atoms with van der Waals surface area (Å²) in [6.07, 6.45) is 15.5. The van der Waals surface area contributed by atoms with Crippen molar-refractivity contribution in [3.05, 3.63) is 48.5 Å². The first kappa shape index (κ1) is 39.6. The van der Waals surface area contributed by atoms with Gasteiger partial charge in [0.05, 0.1) is 14.2 Å². The number of rotatable bonds is 6. The number of nitrogens with zero attached hydrogens (tertiary/aromatic N) is 2. The van der Waals surface area contributed by atoms with E-state index in [4.69, 9.17) is 43.4 Å². The summed E-state index contributed by atoms with van der Waals surface area (Å²) in [6, 6.07) is 13.9. The zero-order chi connectivity index (χ0) is 35.5. The molecule has 0 aliphatic carbocycles. The number of ether oxygens (including phenoxy) is 5. The van der Waals surface area contributed by atoms with E-state index in [1.807, 2.05) is 32.9 Å². The fourth-order valence-corrected chi connectivity index (χ4v) is 5.03. The minimum Gasteiger partial charge on any atom is -0.493 e. The second-order valence-corrected chi connectivity index (χ2v) is 12.5. The Bertz CT molecular complexity index is 1400. The van der Waals surface area contributed by atoms with Crippen LogP contribution in [0.2, 0.25) is 0 Å². The minimum absolute atomic E-state index is 0.202.